The van der Waals surface area contributed by atoms with Crippen LogP contribution in [-0.4, -0.2) is 38.7 Å². The summed E-state index contributed by atoms with van der Waals surface area (Å²) in [5.74, 6) is 3.07. The van der Waals surface area contributed by atoms with Gasteiger partial charge in [-0.15, -0.1) is 0 Å². The zero-order valence-corrected chi connectivity index (χ0v) is 13.1. The molecule has 0 unspecified atom stereocenters. The Balaban J connectivity index is 1.45. The first-order chi connectivity index (χ1) is 11.2. The Hall–Kier alpha value is -2.44. The van der Waals surface area contributed by atoms with Gasteiger partial charge in [0, 0.05) is 44.4 Å². The molecule has 1 aliphatic heterocycles. The van der Waals surface area contributed by atoms with Gasteiger partial charge in [-0.1, -0.05) is 0 Å². The lowest BCUT2D eigenvalue weighted by Crippen LogP contribution is -2.22. The summed E-state index contributed by atoms with van der Waals surface area (Å²) in [6.07, 6.45) is 7.24. The Morgan fingerprint density at radius 3 is 2.96 bits per heavy atom. The van der Waals surface area contributed by atoms with E-state index in [-0.39, 0.29) is 5.91 Å². The van der Waals surface area contributed by atoms with Gasteiger partial charge in [-0.05, 0) is 25.3 Å². The number of amides is 1. The largest absolute Gasteiger partial charge is 0.354 e. The van der Waals surface area contributed by atoms with E-state index in [1.165, 1.54) is 19.8 Å². The van der Waals surface area contributed by atoms with Crippen molar-refractivity contribution < 1.29 is 4.79 Å². The molecule has 2 fully saturated rings. The molecule has 1 saturated carbocycles. The van der Waals surface area contributed by atoms with Crippen LogP contribution in [-0.2, 0) is 4.79 Å². The number of rotatable bonds is 4. The van der Waals surface area contributed by atoms with Gasteiger partial charge in [0.1, 0.15) is 11.6 Å². The molecule has 2 aliphatic rings. The average molecular weight is 312 g/mol. The second-order valence-corrected chi connectivity index (χ2v) is 6.30. The highest BCUT2D eigenvalue weighted by Gasteiger charge is 2.29. The molecule has 7 nitrogen and oxygen atoms in total. The third-order valence-corrected chi connectivity index (χ3v) is 4.38. The number of anilines is 2. The van der Waals surface area contributed by atoms with Gasteiger partial charge >= 0.3 is 0 Å². The smallest absolute Gasteiger partial charge is 0.222 e. The molecule has 0 bridgehead atoms. The highest BCUT2D eigenvalue weighted by molar-refractivity contribution is 5.87. The SMILES string of the molecule is CC(=O)Nc1ccn([C@H]2CCN(c3ccnc(C4CC4)n3)C2)n1. The van der Waals surface area contributed by atoms with Crippen LogP contribution in [0.15, 0.2) is 24.5 Å². The second kappa shape index (κ2) is 5.64. The minimum Gasteiger partial charge on any atom is -0.354 e. The Labute approximate surface area is 134 Å². The van der Waals surface area contributed by atoms with Crippen LogP contribution in [0.5, 0.6) is 0 Å². The van der Waals surface area contributed by atoms with Crippen molar-refractivity contribution >= 4 is 17.5 Å². The fourth-order valence-electron chi connectivity index (χ4n) is 3.03. The molecule has 2 aromatic rings. The summed E-state index contributed by atoms with van der Waals surface area (Å²) < 4.78 is 1.94. The highest BCUT2D eigenvalue weighted by Crippen LogP contribution is 2.38. The van der Waals surface area contributed by atoms with Crippen LogP contribution in [0, 0.1) is 0 Å². The molecule has 1 aliphatic carbocycles. The zero-order valence-electron chi connectivity index (χ0n) is 13.1. The second-order valence-electron chi connectivity index (χ2n) is 6.30. The van der Waals surface area contributed by atoms with E-state index in [1.807, 2.05) is 29.2 Å². The summed E-state index contributed by atoms with van der Waals surface area (Å²) in [5.41, 5.74) is 0. The molecule has 4 rings (SSSR count). The summed E-state index contributed by atoms with van der Waals surface area (Å²) in [7, 11) is 0. The lowest BCUT2D eigenvalue weighted by molar-refractivity contribution is -0.114. The third kappa shape index (κ3) is 3.04. The lowest BCUT2D eigenvalue weighted by atomic mass is 10.3. The number of nitrogens with zero attached hydrogens (tertiary/aromatic N) is 5. The molecular formula is C16H20N6O. The van der Waals surface area contributed by atoms with Crippen molar-refractivity contribution in [1.29, 1.82) is 0 Å². The van der Waals surface area contributed by atoms with E-state index in [4.69, 9.17) is 4.98 Å². The number of hydrogen-bond donors (Lipinski definition) is 1. The van der Waals surface area contributed by atoms with E-state index >= 15 is 0 Å². The van der Waals surface area contributed by atoms with Crippen LogP contribution in [0.1, 0.15) is 44.0 Å². The lowest BCUT2D eigenvalue weighted by Gasteiger charge is -2.18. The van der Waals surface area contributed by atoms with E-state index < -0.39 is 0 Å². The van der Waals surface area contributed by atoms with Gasteiger partial charge in [0.2, 0.25) is 5.91 Å². The Kier molecular flexibility index (Phi) is 3.48. The van der Waals surface area contributed by atoms with Crippen LogP contribution >= 0.6 is 0 Å². The predicted octanol–water partition coefficient (Wildman–Crippen LogP) is 1.96. The van der Waals surface area contributed by atoms with Crippen molar-refractivity contribution in [2.24, 2.45) is 0 Å². The standard InChI is InChI=1S/C16H20N6O/c1-11(23)18-14-6-9-22(20-14)13-5-8-21(10-13)15-4-7-17-16(19-15)12-2-3-12/h4,6-7,9,12-13H,2-3,5,8,10H2,1H3,(H,18,20,23)/t13-/m0/s1. The van der Waals surface area contributed by atoms with Gasteiger partial charge in [0.25, 0.3) is 0 Å². The van der Waals surface area contributed by atoms with Crippen molar-refractivity contribution in [3.63, 3.8) is 0 Å². The van der Waals surface area contributed by atoms with Crippen molar-refractivity contribution in [2.75, 3.05) is 23.3 Å². The number of nitrogens with one attached hydrogen (secondary N) is 1. The van der Waals surface area contributed by atoms with Gasteiger partial charge < -0.3 is 10.2 Å². The molecule has 1 atom stereocenters. The van der Waals surface area contributed by atoms with Gasteiger partial charge in [0.05, 0.1) is 6.04 Å². The third-order valence-electron chi connectivity index (χ3n) is 4.38. The summed E-state index contributed by atoms with van der Waals surface area (Å²) in [4.78, 5) is 22.5. The monoisotopic (exact) mass is 312 g/mol. The van der Waals surface area contributed by atoms with Crippen LogP contribution in [0.2, 0.25) is 0 Å². The van der Waals surface area contributed by atoms with E-state index in [0.717, 1.165) is 31.2 Å². The fourth-order valence-corrected chi connectivity index (χ4v) is 3.03. The minimum absolute atomic E-state index is 0.100. The first kappa shape index (κ1) is 14.2. The number of hydrogen-bond acceptors (Lipinski definition) is 5. The molecule has 7 heteroatoms. The van der Waals surface area contributed by atoms with Crippen LogP contribution in [0.25, 0.3) is 0 Å². The predicted molar refractivity (Wildman–Crippen MR) is 86.4 cm³/mol. The summed E-state index contributed by atoms with van der Waals surface area (Å²) >= 11 is 0. The average Bonchev–Trinajstić information content (AvgIpc) is 3.09. The molecule has 1 N–H and O–H groups in total. The summed E-state index contributed by atoms with van der Waals surface area (Å²) in [5, 5.41) is 7.15. The van der Waals surface area contributed by atoms with E-state index in [0.29, 0.717) is 17.8 Å². The topological polar surface area (TPSA) is 75.9 Å². The quantitative estimate of drug-likeness (QED) is 0.934. The van der Waals surface area contributed by atoms with Crippen molar-refractivity contribution in [3.8, 4) is 0 Å². The van der Waals surface area contributed by atoms with Crippen molar-refractivity contribution in [2.45, 2.75) is 38.1 Å². The Bertz CT molecular complexity index is 723. The van der Waals surface area contributed by atoms with Crippen LogP contribution < -0.4 is 10.2 Å². The van der Waals surface area contributed by atoms with Gasteiger partial charge in [-0.25, -0.2) is 9.97 Å². The first-order valence-electron chi connectivity index (χ1n) is 8.09. The van der Waals surface area contributed by atoms with E-state index in [2.05, 4.69) is 20.3 Å². The fraction of sp³-hybridized carbons (Fsp3) is 0.500. The number of aromatic nitrogens is 4. The van der Waals surface area contributed by atoms with Gasteiger partial charge in [0.15, 0.2) is 5.82 Å². The molecular weight excluding hydrogens is 292 g/mol. The molecule has 2 aromatic heterocycles. The highest BCUT2D eigenvalue weighted by atomic mass is 16.1. The summed E-state index contributed by atoms with van der Waals surface area (Å²) in [6.45, 7) is 3.33. The van der Waals surface area contributed by atoms with Crippen molar-refractivity contribution in [3.05, 3.63) is 30.4 Å². The Morgan fingerprint density at radius 2 is 2.17 bits per heavy atom. The molecule has 1 amide bonds. The molecule has 3 heterocycles. The van der Waals surface area contributed by atoms with Crippen LogP contribution in [0.4, 0.5) is 11.6 Å². The van der Waals surface area contributed by atoms with E-state index in [1.54, 1.807) is 0 Å². The molecule has 120 valence electrons. The zero-order chi connectivity index (χ0) is 15.8. The van der Waals surface area contributed by atoms with Crippen molar-refractivity contribution in [1.82, 2.24) is 19.7 Å². The maximum atomic E-state index is 11.1. The molecule has 1 saturated heterocycles. The molecule has 0 radical (unpaired) electrons. The minimum atomic E-state index is -0.100. The maximum Gasteiger partial charge on any atom is 0.222 e. The molecule has 0 spiro atoms. The van der Waals surface area contributed by atoms with Crippen LogP contribution in [0.3, 0.4) is 0 Å². The molecule has 23 heavy (non-hydrogen) atoms. The van der Waals surface area contributed by atoms with E-state index in [9.17, 15) is 4.79 Å². The molecule has 0 aromatic carbocycles. The first-order valence-corrected chi connectivity index (χ1v) is 8.09. The Morgan fingerprint density at radius 1 is 1.30 bits per heavy atom. The normalized spacial score (nSPS) is 20.7. The maximum absolute atomic E-state index is 11.1. The number of carbonyl (C=O) groups is 1. The van der Waals surface area contributed by atoms with Gasteiger partial charge in [-0.2, -0.15) is 5.10 Å². The summed E-state index contributed by atoms with van der Waals surface area (Å²) in [6, 6.07) is 4.12. The number of carbonyl (C=O) groups excluding carboxylic acids is 1. The van der Waals surface area contributed by atoms with Gasteiger partial charge in [-0.3, -0.25) is 9.48 Å².